The molecule has 0 aliphatic carbocycles. The molecule has 0 unspecified atom stereocenters. The van der Waals surface area contributed by atoms with Crippen LogP contribution in [0, 0.1) is 0 Å². The summed E-state index contributed by atoms with van der Waals surface area (Å²) in [7, 11) is 0. The van der Waals surface area contributed by atoms with Crippen LogP contribution < -0.4 is 10.6 Å². The van der Waals surface area contributed by atoms with E-state index < -0.39 is 0 Å². The first kappa shape index (κ1) is 16.6. The van der Waals surface area contributed by atoms with E-state index >= 15 is 0 Å². The third-order valence-electron chi connectivity index (χ3n) is 3.09. The number of carbonyl (C=O) groups excluding carboxylic acids is 1. The summed E-state index contributed by atoms with van der Waals surface area (Å²) in [5, 5.41) is 6.84. The molecule has 0 atom stereocenters. The average molecular weight is 321 g/mol. The highest BCUT2D eigenvalue weighted by atomic mass is 35.5. The molecule has 1 aliphatic rings. The number of hydrogen-bond donors (Lipinski definition) is 2. The zero-order chi connectivity index (χ0) is 13.0. The number of amides is 1. The Morgan fingerprint density at radius 2 is 2.11 bits per heavy atom. The minimum atomic E-state index is -0.0669. The monoisotopic (exact) mass is 320 g/mol. The molecule has 1 heterocycles. The van der Waals surface area contributed by atoms with Gasteiger partial charge in [-0.2, -0.15) is 0 Å². The topological polar surface area (TPSA) is 41.1 Å². The maximum absolute atomic E-state index is 12.2. The molecule has 1 fully saturated rings. The van der Waals surface area contributed by atoms with E-state index in [2.05, 4.69) is 10.6 Å². The fraction of sp³-hybridized carbons (Fsp3) is 0.462. The Bertz CT molecular complexity index is 437. The number of nitrogens with one attached hydrogen (secondary N) is 2. The van der Waals surface area contributed by atoms with E-state index in [0.717, 1.165) is 30.8 Å². The molecule has 2 rings (SSSR count). The summed E-state index contributed by atoms with van der Waals surface area (Å²) in [6.45, 7) is 1.92. The van der Waals surface area contributed by atoms with Crippen LogP contribution >= 0.6 is 35.8 Å². The van der Waals surface area contributed by atoms with Crippen LogP contribution in [0.2, 0.25) is 5.02 Å². The van der Waals surface area contributed by atoms with Crippen molar-refractivity contribution in [3.05, 3.63) is 28.8 Å². The van der Waals surface area contributed by atoms with Crippen molar-refractivity contribution in [2.75, 3.05) is 19.3 Å². The molecule has 1 amide bonds. The van der Waals surface area contributed by atoms with Crippen LogP contribution in [0.15, 0.2) is 23.1 Å². The van der Waals surface area contributed by atoms with Crippen molar-refractivity contribution in [2.24, 2.45) is 0 Å². The van der Waals surface area contributed by atoms with Crippen LogP contribution in [0.3, 0.4) is 0 Å². The Hall–Kier alpha value is -0.420. The predicted octanol–water partition coefficient (Wildman–Crippen LogP) is 2.97. The third-order valence-corrected chi connectivity index (χ3v) is 4.15. The van der Waals surface area contributed by atoms with Gasteiger partial charge in [-0.15, -0.1) is 24.2 Å². The van der Waals surface area contributed by atoms with Crippen LogP contribution in [-0.4, -0.2) is 31.3 Å². The second kappa shape index (κ2) is 8.00. The first-order valence-corrected chi connectivity index (χ1v) is 7.66. The van der Waals surface area contributed by atoms with Gasteiger partial charge in [0.05, 0.1) is 10.6 Å². The molecule has 0 aromatic heterocycles. The molecule has 6 heteroatoms. The first-order chi connectivity index (χ1) is 8.70. The standard InChI is InChI=1S/C13H17ClN2OS.ClH/c1-18-10-2-3-12(14)11(8-10)13(17)16-9-4-6-15-7-5-9;/h2-3,8-9,15H,4-7H2,1H3,(H,16,17);1H. The van der Waals surface area contributed by atoms with Crippen molar-refractivity contribution in [2.45, 2.75) is 23.8 Å². The number of hydrogen-bond acceptors (Lipinski definition) is 3. The smallest absolute Gasteiger partial charge is 0.253 e. The summed E-state index contributed by atoms with van der Waals surface area (Å²) in [4.78, 5) is 13.2. The maximum atomic E-state index is 12.2. The number of benzene rings is 1. The molecule has 0 saturated carbocycles. The minimum absolute atomic E-state index is 0. The van der Waals surface area contributed by atoms with Crippen molar-refractivity contribution in [1.82, 2.24) is 10.6 Å². The van der Waals surface area contributed by atoms with E-state index in [1.165, 1.54) is 0 Å². The van der Waals surface area contributed by atoms with E-state index in [1.54, 1.807) is 17.8 Å². The summed E-state index contributed by atoms with van der Waals surface area (Å²) in [6, 6.07) is 5.82. The fourth-order valence-electron chi connectivity index (χ4n) is 2.03. The Morgan fingerprint density at radius 1 is 1.42 bits per heavy atom. The summed E-state index contributed by atoms with van der Waals surface area (Å²) >= 11 is 7.69. The molecule has 0 radical (unpaired) electrons. The quantitative estimate of drug-likeness (QED) is 0.841. The third kappa shape index (κ3) is 4.56. The highest BCUT2D eigenvalue weighted by Crippen LogP contribution is 2.23. The number of rotatable bonds is 3. The second-order valence-corrected chi connectivity index (χ2v) is 5.63. The van der Waals surface area contributed by atoms with Gasteiger partial charge in [-0.25, -0.2) is 0 Å². The van der Waals surface area contributed by atoms with E-state index in [0.29, 0.717) is 10.6 Å². The Kier molecular flexibility index (Phi) is 7.00. The van der Waals surface area contributed by atoms with Gasteiger partial charge in [-0.3, -0.25) is 4.79 Å². The summed E-state index contributed by atoms with van der Waals surface area (Å²) in [5.41, 5.74) is 0.571. The van der Waals surface area contributed by atoms with Gasteiger partial charge >= 0.3 is 0 Å². The first-order valence-electron chi connectivity index (χ1n) is 6.06. The normalized spacial score (nSPS) is 15.7. The Labute approximate surface area is 129 Å². The lowest BCUT2D eigenvalue weighted by Gasteiger charge is -2.23. The van der Waals surface area contributed by atoms with Crippen LogP contribution in [-0.2, 0) is 0 Å². The zero-order valence-electron chi connectivity index (χ0n) is 10.7. The molecule has 106 valence electrons. The van der Waals surface area contributed by atoms with Crippen molar-refractivity contribution >= 4 is 41.7 Å². The fourth-order valence-corrected chi connectivity index (χ4v) is 2.68. The van der Waals surface area contributed by atoms with Gasteiger partial charge in [0, 0.05) is 10.9 Å². The molecular formula is C13H18Cl2N2OS. The van der Waals surface area contributed by atoms with Gasteiger partial charge in [0.25, 0.3) is 5.91 Å². The molecule has 1 aromatic carbocycles. The van der Waals surface area contributed by atoms with Crippen LogP contribution in [0.5, 0.6) is 0 Å². The van der Waals surface area contributed by atoms with Gasteiger partial charge in [0.2, 0.25) is 0 Å². The predicted molar refractivity (Wildman–Crippen MR) is 83.8 cm³/mol. The highest BCUT2D eigenvalue weighted by molar-refractivity contribution is 7.98. The van der Waals surface area contributed by atoms with Crippen molar-refractivity contribution in [1.29, 1.82) is 0 Å². The Morgan fingerprint density at radius 3 is 2.74 bits per heavy atom. The zero-order valence-corrected chi connectivity index (χ0v) is 13.1. The average Bonchev–Trinajstić information content (AvgIpc) is 2.40. The molecule has 1 saturated heterocycles. The minimum Gasteiger partial charge on any atom is -0.349 e. The molecule has 1 aliphatic heterocycles. The SMILES string of the molecule is CSc1ccc(Cl)c(C(=O)NC2CCNCC2)c1.Cl. The molecular weight excluding hydrogens is 303 g/mol. The van der Waals surface area contributed by atoms with Crippen molar-refractivity contribution in [3.8, 4) is 0 Å². The van der Waals surface area contributed by atoms with E-state index in [-0.39, 0.29) is 24.4 Å². The summed E-state index contributed by atoms with van der Waals surface area (Å²) in [5.74, 6) is -0.0669. The molecule has 1 aromatic rings. The lowest BCUT2D eigenvalue weighted by molar-refractivity contribution is 0.0929. The largest absolute Gasteiger partial charge is 0.349 e. The van der Waals surface area contributed by atoms with Gasteiger partial charge in [-0.1, -0.05) is 11.6 Å². The molecule has 0 bridgehead atoms. The number of piperidine rings is 1. The highest BCUT2D eigenvalue weighted by Gasteiger charge is 2.18. The van der Waals surface area contributed by atoms with Crippen molar-refractivity contribution in [3.63, 3.8) is 0 Å². The van der Waals surface area contributed by atoms with Crippen LogP contribution in [0.4, 0.5) is 0 Å². The molecule has 0 spiro atoms. The summed E-state index contributed by atoms with van der Waals surface area (Å²) in [6.07, 6.45) is 3.94. The lowest BCUT2D eigenvalue weighted by atomic mass is 10.1. The van der Waals surface area contributed by atoms with Crippen molar-refractivity contribution < 1.29 is 4.79 Å². The number of carbonyl (C=O) groups is 1. The molecule has 19 heavy (non-hydrogen) atoms. The summed E-state index contributed by atoms with van der Waals surface area (Å²) < 4.78 is 0. The van der Waals surface area contributed by atoms with Crippen LogP contribution in [0.1, 0.15) is 23.2 Å². The number of thioether (sulfide) groups is 1. The van der Waals surface area contributed by atoms with Crippen LogP contribution in [0.25, 0.3) is 0 Å². The second-order valence-electron chi connectivity index (χ2n) is 4.34. The van der Waals surface area contributed by atoms with Gasteiger partial charge in [0.15, 0.2) is 0 Å². The Balaban J connectivity index is 0.00000180. The van der Waals surface area contributed by atoms with Gasteiger partial charge in [-0.05, 0) is 50.4 Å². The van der Waals surface area contributed by atoms with E-state index in [9.17, 15) is 4.79 Å². The lowest BCUT2D eigenvalue weighted by Crippen LogP contribution is -2.42. The molecule has 2 N–H and O–H groups in total. The van der Waals surface area contributed by atoms with Gasteiger partial charge in [0.1, 0.15) is 0 Å². The number of halogens is 2. The molecule has 3 nitrogen and oxygen atoms in total. The van der Waals surface area contributed by atoms with E-state index in [1.807, 2.05) is 18.4 Å². The van der Waals surface area contributed by atoms with Gasteiger partial charge < -0.3 is 10.6 Å². The maximum Gasteiger partial charge on any atom is 0.253 e. The van der Waals surface area contributed by atoms with E-state index in [4.69, 9.17) is 11.6 Å².